The molecular formula is C10H10N2O3. The number of hydrogen-bond acceptors (Lipinski definition) is 4. The van der Waals surface area contributed by atoms with Crippen molar-refractivity contribution >= 4 is 17.1 Å². The normalized spacial score (nSPS) is 12.9. The van der Waals surface area contributed by atoms with Gasteiger partial charge in [0.25, 0.3) is 0 Å². The van der Waals surface area contributed by atoms with Crippen molar-refractivity contribution in [3.63, 3.8) is 0 Å². The Morgan fingerprint density at radius 2 is 2.40 bits per heavy atom. The van der Waals surface area contributed by atoms with Crippen molar-refractivity contribution in [2.45, 2.75) is 5.92 Å². The molecule has 1 unspecified atom stereocenters. The molecule has 0 saturated carbocycles. The Bertz CT molecular complexity index is 492. The van der Waals surface area contributed by atoms with Gasteiger partial charge in [0.05, 0.1) is 5.92 Å². The van der Waals surface area contributed by atoms with E-state index in [2.05, 4.69) is 4.98 Å². The van der Waals surface area contributed by atoms with E-state index in [-0.39, 0.29) is 6.54 Å². The van der Waals surface area contributed by atoms with Crippen LogP contribution in [0.3, 0.4) is 0 Å². The standard InChI is InChI=1S/C10H10N2O3/c11-4-7(10(13)14)6-1-2-8-9(3-6)15-5-12-8/h1-3,5,7H,4,11H2,(H,13,14). The number of rotatable bonds is 3. The number of benzene rings is 1. The molecule has 2 rings (SSSR count). The lowest BCUT2D eigenvalue weighted by Crippen LogP contribution is -2.20. The molecule has 0 bridgehead atoms. The third-order valence-electron chi connectivity index (χ3n) is 2.29. The molecule has 15 heavy (non-hydrogen) atoms. The SMILES string of the molecule is NCC(C(=O)O)c1ccc2ncoc2c1. The minimum Gasteiger partial charge on any atom is -0.481 e. The maximum absolute atomic E-state index is 10.9. The number of oxazole rings is 1. The molecule has 0 radical (unpaired) electrons. The predicted molar refractivity (Wildman–Crippen MR) is 53.4 cm³/mol. The largest absolute Gasteiger partial charge is 0.481 e. The molecule has 1 atom stereocenters. The molecule has 0 fully saturated rings. The maximum atomic E-state index is 10.9. The lowest BCUT2D eigenvalue weighted by Gasteiger charge is -2.08. The molecule has 5 nitrogen and oxygen atoms in total. The molecule has 1 aromatic carbocycles. The number of hydrogen-bond donors (Lipinski definition) is 2. The fourth-order valence-corrected chi connectivity index (χ4v) is 1.47. The maximum Gasteiger partial charge on any atom is 0.312 e. The van der Waals surface area contributed by atoms with Gasteiger partial charge < -0.3 is 15.3 Å². The summed E-state index contributed by atoms with van der Waals surface area (Å²) in [4.78, 5) is 14.8. The van der Waals surface area contributed by atoms with E-state index in [1.165, 1.54) is 6.39 Å². The van der Waals surface area contributed by atoms with Crippen LogP contribution in [0.25, 0.3) is 11.1 Å². The van der Waals surface area contributed by atoms with Crippen LogP contribution in [-0.2, 0) is 4.79 Å². The minimum absolute atomic E-state index is 0.0645. The van der Waals surface area contributed by atoms with Gasteiger partial charge in [0.1, 0.15) is 5.52 Å². The molecule has 78 valence electrons. The quantitative estimate of drug-likeness (QED) is 0.780. The average Bonchev–Trinajstić information content (AvgIpc) is 2.65. The highest BCUT2D eigenvalue weighted by Gasteiger charge is 2.18. The van der Waals surface area contributed by atoms with E-state index >= 15 is 0 Å². The first-order valence-corrected chi connectivity index (χ1v) is 4.48. The van der Waals surface area contributed by atoms with Gasteiger partial charge in [0.2, 0.25) is 0 Å². The van der Waals surface area contributed by atoms with Crippen molar-refractivity contribution in [1.82, 2.24) is 4.98 Å². The molecule has 1 aromatic heterocycles. The van der Waals surface area contributed by atoms with E-state index in [9.17, 15) is 4.79 Å². The van der Waals surface area contributed by atoms with E-state index in [1.807, 2.05) is 0 Å². The smallest absolute Gasteiger partial charge is 0.312 e. The molecule has 2 aromatic rings. The highest BCUT2D eigenvalue weighted by molar-refractivity contribution is 5.80. The van der Waals surface area contributed by atoms with Crippen LogP contribution in [0.5, 0.6) is 0 Å². The van der Waals surface area contributed by atoms with Crippen LogP contribution in [0.4, 0.5) is 0 Å². The monoisotopic (exact) mass is 206 g/mol. The van der Waals surface area contributed by atoms with Gasteiger partial charge in [0, 0.05) is 6.54 Å². The van der Waals surface area contributed by atoms with Crippen LogP contribution in [0.1, 0.15) is 11.5 Å². The topological polar surface area (TPSA) is 89.4 Å². The Hall–Kier alpha value is -1.88. The van der Waals surface area contributed by atoms with Crippen LogP contribution >= 0.6 is 0 Å². The summed E-state index contributed by atoms with van der Waals surface area (Å²) in [7, 11) is 0. The molecule has 0 aliphatic heterocycles. The number of carboxylic acids is 1. The number of carboxylic acid groups (broad SMARTS) is 1. The van der Waals surface area contributed by atoms with Crippen molar-refractivity contribution in [3.05, 3.63) is 30.2 Å². The fraction of sp³-hybridized carbons (Fsp3) is 0.200. The Morgan fingerprint density at radius 1 is 1.60 bits per heavy atom. The van der Waals surface area contributed by atoms with Crippen LogP contribution in [-0.4, -0.2) is 22.6 Å². The second kappa shape index (κ2) is 3.70. The number of aliphatic carboxylic acids is 1. The van der Waals surface area contributed by atoms with Crippen molar-refractivity contribution in [3.8, 4) is 0 Å². The van der Waals surface area contributed by atoms with Gasteiger partial charge in [0.15, 0.2) is 12.0 Å². The van der Waals surface area contributed by atoms with Crippen LogP contribution < -0.4 is 5.73 Å². The van der Waals surface area contributed by atoms with Gasteiger partial charge in [-0.3, -0.25) is 4.79 Å². The Kier molecular flexibility index (Phi) is 2.39. The lowest BCUT2D eigenvalue weighted by molar-refractivity contribution is -0.138. The lowest BCUT2D eigenvalue weighted by atomic mass is 9.99. The number of aromatic nitrogens is 1. The van der Waals surface area contributed by atoms with Gasteiger partial charge >= 0.3 is 5.97 Å². The van der Waals surface area contributed by atoms with Crippen LogP contribution in [0, 0.1) is 0 Å². The van der Waals surface area contributed by atoms with Gasteiger partial charge in [-0.15, -0.1) is 0 Å². The molecule has 0 aliphatic carbocycles. The van der Waals surface area contributed by atoms with Crippen molar-refractivity contribution in [1.29, 1.82) is 0 Å². The zero-order valence-electron chi connectivity index (χ0n) is 7.88. The summed E-state index contributed by atoms with van der Waals surface area (Å²) in [5.74, 6) is -1.63. The van der Waals surface area contributed by atoms with Gasteiger partial charge in [-0.05, 0) is 17.7 Å². The Balaban J connectivity index is 2.46. The van der Waals surface area contributed by atoms with Crippen molar-refractivity contribution in [2.75, 3.05) is 6.54 Å². The third kappa shape index (κ3) is 1.69. The predicted octanol–water partition coefficient (Wildman–Crippen LogP) is 0.955. The van der Waals surface area contributed by atoms with E-state index in [4.69, 9.17) is 15.3 Å². The molecular weight excluding hydrogens is 196 g/mol. The van der Waals surface area contributed by atoms with Gasteiger partial charge in [-0.1, -0.05) is 6.07 Å². The fourth-order valence-electron chi connectivity index (χ4n) is 1.47. The molecule has 0 spiro atoms. The van der Waals surface area contributed by atoms with E-state index in [0.29, 0.717) is 16.7 Å². The summed E-state index contributed by atoms with van der Waals surface area (Å²) >= 11 is 0. The number of nitrogens with zero attached hydrogens (tertiary/aromatic N) is 1. The second-order valence-electron chi connectivity index (χ2n) is 3.21. The summed E-state index contributed by atoms with van der Waals surface area (Å²) in [6.07, 6.45) is 1.33. The Morgan fingerprint density at radius 3 is 3.07 bits per heavy atom. The zero-order valence-corrected chi connectivity index (χ0v) is 7.88. The molecule has 5 heteroatoms. The van der Waals surface area contributed by atoms with E-state index < -0.39 is 11.9 Å². The Labute approximate surface area is 85.5 Å². The zero-order chi connectivity index (χ0) is 10.8. The summed E-state index contributed by atoms with van der Waals surface area (Å²) in [6.45, 7) is 0.0645. The second-order valence-corrected chi connectivity index (χ2v) is 3.21. The summed E-state index contributed by atoms with van der Waals surface area (Å²) in [5, 5.41) is 8.92. The molecule has 1 heterocycles. The summed E-state index contributed by atoms with van der Waals surface area (Å²) < 4.78 is 5.09. The number of carbonyl (C=O) groups is 1. The minimum atomic E-state index is -0.934. The molecule has 0 amide bonds. The first kappa shape index (κ1) is 9.67. The molecule has 0 saturated heterocycles. The highest BCUT2D eigenvalue weighted by Crippen LogP contribution is 2.20. The first-order chi connectivity index (χ1) is 7.22. The molecule has 0 aliphatic rings. The third-order valence-corrected chi connectivity index (χ3v) is 2.29. The average molecular weight is 206 g/mol. The van der Waals surface area contributed by atoms with Crippen molar-refractivity contribution < 1.29 is 14.3 Å². The van der Waals surface area contributed by atoms with E-state index in [0.717, 1.165) is 0 Å². The van der Waals surface area contributed by atoms with Gasteiger partial charge in [-0.2, -0.15) is 0 Å². The number of fused-ring (bicyclic) bond motifs is 1. The van der Waals surface area contributed by atoms with Crippen LogP contribution in [0.15, 0.2) is 29.0 Å². The summed E-state index contributed by atoms with van der Waals surface area (Å²) in [5.41, 5.74) is 7.32. The van der Waals surface area contributed by atoms with Crippen molar-refractivity contribution in [2.24, 2.45) is 5.73 Å². The molecule has 3 N–H and O–H groups in total. The first-order valence-electron chi connectivity index (χ1n) is 4.48. The summed E-state index contributed by atoms with van der Waals surface area (Å²) in [6, 6.07) is 5.09. The van der Waals surface area contributed by atoms with E-state index in [1.54, 1.807) is 18.2 Å². The highest BCUT2D eigenvalue weighted by atomic mass is 16.4. The van der Waals surface area contributed by atoms with Gasteiger partial charge in [-0.25, -0.2) is 4.98 Å². The number of nitrogens with two attached hydrogens (primary N) is 1. The van der Waals surface area contributed by atoms with Crippen LogP contribution in [0.2, 0.25) is 0 Å².